The molecule has 0 spiro atoms. The third kappa shape index (κ3) is 4.01. The van der Waals surface area contributed by atoms with E-state index in [1.807, 2.05) is 0 Å². The van der Waals surface area contributed by atoms with E-state index in [1.165, 1.54) is 23.5 Å². The first-order valence-electron chi connectivity index (χ1n) is 5.78. The Hall–Kier alpha value is -1.48. The maximum absolute atomic E-state index is 11.1. The first kappa shape index (κ1) is 15.9. The van der Waals surface area contributed by atoms with Gasteiger partial charge in [-0.05, 0) is 6.07 Å². The summed E-state index contributed by atoms with van der Waals surface area (Å²) < 4.78 is 0.377. The van der Waals surface area contributed by atoms with Crippen LogP contribution in [0.15, 0.2) is 18.3 Å². The SMILES string of the molecule is O=[N+]([O-])c1ccc(Cl)nc1N(CCO)Cc1cnc(Cl)s1. The molecule has 112 valence electrons. The van der Waals surface area contributed by atoms with Crippen LogP contribution in [0.1, 0.15) is 4.88 Å². The Morgan fingerprint density at radius 1 is 1.43 bits per heavy atom. The monoisotopic (exact) mass is 348 g/mol. The Kier molecular flexibility index (Phi) is 5.29. The fourth-order valence-electron chi connectivity index (χ4n) is 1.72. The summed E-state index contributed by atoms with van der Waals surface area (Å²) in [5, 5.41) is 20.4. The van der Waals surface area contributed by atoms with E-state index in [0.29, 0.717) is 11.0 Å². The smallest absolute Gasteiger partial charge is 0.311 e. The van der Waals surface area contributed by atoms with Gasteiger partial charge in [-0.1, -0.05) is 23.2 Å². The Bertz CT molecular complexity index is 652. The quantitative estimate of drug-likeness (QED) is 0.490. The summed E-state index contributed by atoms with van der Waals surface area (Å²) >= 11 is 12.8. The van der Waals surface area contributed by atoms with Crippen molar-refractivity contribution in [2.75, 3.05) is 18.1 Å². The molecule has 0 atom stereocenters. The Morgan fingerprint density at radius 2 is 2.19 bits per heavy atom. The normalized spacial score (nSPS) is 10.6. The summed E-state index contributed by atoms with van der Waals surface area (Å²) in [5.41, 5.74) is -0.177. The topological polar surface area (TPSA) is 92.4 Å². The molecule has 0 aliphatic carbocycles. The fourth-order valence-corrected chi connectivity index (χ4v) is 2.86. The maximum Gasteiger partial charge on any atom is 0.311 e. The van der Waals surface area contributed by atoms with Crippen LogP contribution in [0.4, 0.5) is 11.5 Å². The predicted octanol–water partition coefficient (Wildman–Crippen LogP) is 2.75. The van der Waals surface area contributed by atoms with Gasteiger partial charge in [-0.3, -0.25) is 10.1 Å². The molecule has 0 aromatic carbocycles. The summed E-state index contributed by atoms with van der Waals surface area (Å²) in [6.45, 7) is 0.278. The van der Waals surface area contributed by atoms with Crippen LogP contribution in [0, 0.1) is 10.1 Å². The molecule has 0 amide bonds. The molecule has 2 heterocycles. The highest BCUT2D eigenvalue weighted by Gasteiger charge is 2.22. The largest absolute Gasteiger partial charge is 0.395 e. The lowest BCUT2D eigenvalue weighted by Crippen LogP contribution is -2.27. The van der Waals surface area contributed by atoms with Crippen molar-refractivity contribution in [2.45, 2.75) is 6.54 Å². The number of rotatable bonds is 6. The van der Waals surface area contributed by atoms with Gasteiger partial charge < -0.3 is 10.0 Å². The molecule has 2 aromatic heterocycles. The van der Waals surface area contributed by atoms with Crippen molar-refractivity contribution in [1.29, 1.82) is 0 Å². The minimum absolute atomic E-state index is 0.103. The molecule has 21 heavy (non-hydrogen) atoms. The lowest BCUT2D eigenvalue weighted by atomic mass is 10.3. The van der Waals surface area contributed by atoms with E-state index < -0.39 is 4.92 Å². The van der Waals surface area contributed by atoms with Crippen LogP contribution < -0.4 is 4.90 Å². The number of halogens is 2. The fraction of sp³-hybridized carbons (Fsp3) is 0.273. The second kappa shape index (κ2) is 6.99. The Morgan fingerprint density at radius 3 is 2.76 bits per heavy atom. The van der Waals surface area contributed by atoms with Crippen LogP contribution in [-0.4, -0.2) is 33.1 Å². The van der Waals surface area contributed by atoms with E-state index in [9.17, 15) is 10.1 Å². The second-order valence-electron chi connectivity index (χ2n) is 3.96. The number of pyridine rings is 1. The molecule has 10 heteroatoms. The van der Waals surface area contributed by atoms with Crippen molar-refractivity contribution in [3.8, 4) is 0 Å². The molecule has 2 aromatic rings. The Balaban J connectivity index is 2.37. The molecule has 0 unspecified atom stereocenters. The maximum atomic E-state index is 11.1. The van der Waals surface area contributed by atoms with Gasteiger partial charge in [0.15, 0.2) is 4.47 Å². The van der Waals surface area contributed by atoms with E-state index in [-0.39, 0.29) is 29.8 Å². The number of aromatic nitrogens is 2. The first-order chi connectivity index (χ1) is 10.0. The zero-order chi connectivity index (χ0) is 15.4. The van der Waals surface area contributed by atoms with Crippen molar-refractivity contribution < 1.29 is 10.0 Å². The number of thiazole rings is 1. The average Bonchev–Trinajstić information content (AvgIpc) is 2.83. The average molecular weight is 349 g/mol. The summed E-state index contributed by atoms with van der Waals surface area (Å²) in [7, 11) is 0. The van der Waals surface area contributed by atoms with Gasteiger partial charge in [-0.15, -0.1) is 11.3 Å². The van der Waals surface area contributed by atoms with Crippen molar-refractivity contribution in [3.05, 3.63) is 42.9 Å². The van der Waals surface area contributed by atoms with Gasteiger partial charge in [-0.25, -0.2) is 9.97 Å². The van der Waals surface area contributed by atoms with Crippen LogP contribution in [0.5, 0.6) is 0 Å². The summed E-state index contributed by atoms with van der Waals surface area (Å²) in [5.74, 6) is 0.103. The van der Waals surface area contributed by atoms with E-state index in [1.54, 1.807) is 11.1 Å². The third-order valence-electron chi connectivity index (χ3n) is 2.56. The molecule has 7 nitrogen and oxygen atoms in total. The van der Waals surface area contributed by atoms with Crippen LogP contribution in [0.3, 0.4) is 0 Å². The number of nitro groups is 1. The third-order valence-corrected chi connectivity index (χ3v) is 3.87. The number of anilines is 1. The molecule has 0 aliphatic rings. The molecule has 0 saturated heterocycles. The number of aliphatic hydroxyl groups is 1. The van der Waals surface area contributed by atoms with E-state index in [4.69, 9.17) is 28.3 Å². The summed E-state index contributed by atoms with van der Waals surface area (Å²) in [6, 6.07) is 2.64. The molecule has 0 fully saturated rings. The zero-order valence-electron chi connectivity index (χ0n) is 10.6. The molecule has 2 rings (SSSR count). The number of hydrogen-bond donors (Lipinski definition) is 1. The van der Waals surface area contributed by atoms with Gasteiger partial charge in [0.05, 0.1) is 18.1 Å². The van der Waals surface area contributed by atoms with Gasteiger partial charge in [-0.2, -0.15) is 0 Å². The molecule has 0 radical (unpaired) electrons. The van der Waals surface area contributed by atoms with Crippen molar-refractivity contribution in [3.63, 3.8) is 0 Å². The highest BCUT2D eigenvalue weighted by atomic mass is 35.5. The van der Waals surface area contributed by atoms with Gasteiger partial charge in [0, 0.05) is 23.7 Å². The molecular formula is C11H10Cl2N4O3S. The van der Waals surface area contributed by atoms with Crippen molar-refractivity contribution >= 4 is 46.0 Å². The second-order valence-corrected chi connectivity index (χ2v) is 6.04. The number of nitrogens with zero attached hydrogens (tertiary/aromatic N) is 4. The van der Waals surface area contributed by atoms with E-state index in [2.05, 4.69) is 9.97 Å². The molecule has 0 aliphatic heterocycles. The molecular weight excluding hydrogens is 339 g/mol. The van der Waals surface area contributed by atoms with E-state index >= 15 is 0 Å². The van der Waals surface area contributed by atoms with E-state index in [0.717, 1.165) is 4.88 Å². The van der Waals surface area contributed by atoms with Crippen molar-refractivity contribution in [2.24, 2.45) is 0 Å². The minimum Gasteiger partial charge on any atom is -0.395 e. The van der Waals surface area contributed by atoms with Crippen LogP contribution in [0.25, 0.3) is 0 Å². The minimum atomic E-state index is -0.539. The van der Waals surface area contributed by atoms with Crippen LogP contribution in [0.2, 0.25) is 9.62 Å². The number of aliphatic hydroxyl groups excluding tert-OH is 1. The predicted molar refractivity (Wildman–Crippen MR) is 81.2 cm³/mol. The standard InChI is InChI=1S/C11H10Cl2N4O3S/c12-9-2-1-8(17(19)20)10(15-9)16(3-4-18)6-7-5-14-11(13)21-7/h1-2,5,18H,3-4,6H2. The van der Waals surface area contributed by atoms with Crippen LogP contribution >= 0.6 is 34.5 Å². The summed E-state index contributed by atoms with van der Waals surface area (Å²) in [6.07, 6.45) is 1.58. The van der Waals surface area contributed by atoms with Crippen LogP contribution in [-0.2, 0) is 6.54 Å². The van der Waals surface area contributed by atoms with Gasteiger partial charge in [0.2, 0.25) is 5.82 Å². The molecule has 1 N–H and O–H groups in total. The lowest BCUT2D eigenvalue weighted by Gasteiger charge is -2.21. The Labute approximate surface area is 133 Å². The highest BCUT2D eigenvalue weighted by Crippen LogP contribution is 2.30. The zero-order valence-corrected chi connectivity index (χ0v) is 12.9. The number of hydrogen-bond acceptors (Lipinski definition) is 7. The van der Waals surface area contributed by atoms with Crippen molar-refractivity contribution in [1.82, 2.24) is 9.97 Å². The highest BCUT2D eigenvalue weighted by molar-refractivity contribution is 7.15. The molecule has 0 bridgehead atoms. The van der Waals surface area contributed by atoms with Gasteiger partial charge >= 0.3 is 5.69 Å². The molecule has 0 saturated carbocycles. The van der Waals surface area contributed by atoms with Gasteiger partial charge in [0.25, 0.3) is 0 Å². The van der Waals surface area contributed by atoms with Gasteiger partial charge in [0.1, 0.15) is 5.15 Å². The summed E-state index contributed by atoms with van der Waals surface area (Å²) in [4.78, 5) is 20.8. The lowest BCUT2D eigenvalue weighted by molar-refractivity contribution is -0.384. The first-order valence-corrected chi connectivity index (χ1v) is 7.35.